The molecule has 0 aliphatic carbocycles. The molecule has 2 rings (SSSR count). The van der Waals surface area contributed by atoms with Gasteiger partial charge >= 0.3 is 0 Å². The van der Waals surface area contributed by atoms with Crippen LogP contribution in [0.15, 0.2) is 18.2 Å². The largest absolute Gasteiger partial charge is 0.309 e. The first-order chi connectivity index (χ1) is 10.2. The molecule has 0 bridgehead atoms. The Morgan fingerprint density at radius 2 is 1.95 bits per heavy atom. The standard InChI is InChI=1S/C14H21ClFN3O2S/c1-10-7-19(8-11(2)17-10)22(20,21)18(3)9-12-13(15)5-4-6-14(12)16/h4-6,10-11,17H,7-9H2,1-3H3. The van der Waals surface area contributed by atoms with Crippen LogP contribution in [0.25, 0.3) is 0 Å². The van der Waals surface area contributed by atoms with Gasteiger partial charge in [-0.25, -0.2) is 4.39 Å². The SMILES string of the molecule is CC1CN(S(=O)(=O)N(C)Cc2c(F)cccc2Cl)CC(C)N1. The van der Waals surface area contributed by atoms with E-state index in [1.54, 1.807) is 6.07 Å². The zero-order valence-electron chi connectivity index (χ0n) is 12.9. The van der Waals surface area contributed by atoms with Gasteiger partial charge in [0.1, 0.15) is 5.82 Å². The Bertz CT molecular complexity index is 611. The van der Waals surface area contributed by atoms with Gasteiger partial charge in [0, 0.05) is 49.4 Å². The number of hydrogen-bond acceptors (Lipinski definition) is 3. The maximum Gasteiger partial charge on any atom is 0.282 e. The van der Waals surface area contributed by atoms with Crippen LogP contribution in [0.5, 0.6) is 0 Å². The topological polar surface area (TPSA) is 52.7 Å². The Kier molecular flexibility index (Phi) is 5.45. The van der Waals surface area contributed by atoms with Crippen LogP contribution in [0.4, 0.5) is 4.39 Å². The molecule has 2 atom stereocenters. The van der Waals surface area contributed by atoms with Crippen LogP contribution >= 0.6 is 11.6 Å². The fraction of sp³-hybridized carbons (Fsp3) is 0.571. The van der Waals surface area contributed by atoms with E-state index >= 15 is 0 Å². The third kappa shape index (κ3) is 3.78. The molecule has 1 N–H and O–H groups in total. The van der Waals surface area contributed by atoms with Crippen LogP contribution < -0.4 is 5.32 Å². The molecule has 0 radical (unpaired) electrons. The highest BCUT2D eigenvalue weighted by Gasteiger charge is 2.33. The Balaban J connectivity index is 2.19. The predicted molar refractivity (Wildman–Crippen MR) is 85.4 cm³/mol. The van der Waals surface area contributed by atoms with Gasteiger partial charge < -0.3 is 5.32 Å². The van der Waals surface area contributed by atoms with Gasteiger partial charge in [0.25, 0.3) is 10.2 Å². The summed E-state index contributed by atoms with van der Waals surface area (Å²) >= 11 is 5.97. The highest BCUT2D eigenvalue weighted by molar-refractivity contribution is 7.86. The summed E-state index contributed by atoms with van der Waals surface area (Å²) in [6, 6.07) is 4.47. The average Bonchev–Trinajstić information content (AvgIpc) is 2.41. The smallest absolute Gasteiger partial charge is 0.282 e. The minimum Gasteiger partial charge on any atom is -0.309 e. The fourth-order valence-corrected chi connectivity index (χ4v) is 4.38. The summed E-state index contributed by atoms with van der Waals surface area (Å²) in [6.07, 6.45) is 0. The van der Waals surface area contributed by atoms with Gasteiger partial charge in [0.2, 0.25) is 0 Å². The highest BCUT2D eigenvalue weighted by atomic mass is 35.5. The van der Waals surface area contributed by atoms with E-state index in [-0.39, 0.29) is 29.2 Å². The number of nitrogens with one attached hydrogen (secondary N) is 1. The maximum absolute atomic E-state index is 13.8. The Morgan fingerprint density at radius 3 is 2.50 bits per heavy atom. The molecular formula is C14H21ClFN3O2S. The number of halogens is 2. The third-order valence-electron chi connectivity index (χ3n) is 3.69. The van der Waals surface area contributed by atoms with E-state index in [2.05, 4.69) is 5.32 Å². The van der Waals surface area contributed by atoms with Crippen molar-refractivity contribution in [1.29, 1.82) is 0 Å². The summed E-state index contributed by atoms with van der Waals surface area (Å²) in [4.78, 5) is 0. The molecule has 5 nitrogen and oxygen atoms in total. The first-order valence-electron chi connectivity index (χ1n) is 7.12. The summed E-state index contributed by atoms with van der Waals surface area (Å²) in [5.41, 5.74) is 0.187. The molecule has 1 fully saturated rings. The molecule has 124 valence electrons. The van der Waals surface area contributed by atoms with Crippen molar-refractivity contribution in [1.82, 2.24) is 13.9 Å². The van der Waals surface area contributed by atoms with E-state index in [1.165, 1.54) is 23.5 Å². The van der Waals surface area contributed by atoms with E-state index in [0.717, 1.165) is 4.31 Å². The second-order valence-corrected chi connectivity index (χ2v) is 8.19. The number of nitrogens with zero attached hydrogens (tertiary/aromatic N) is 2. The van der Waals surface area contributed by atoms with Crippen molar-refractivity contribution >= 4 is 21.8 Å². The zero-order chi connectivity index (χ0) is 16.5. The number of hydrogen-bond donors (Lipinski definition) is 1. The number of piperazine rings is 1. The molecule has 2 unspecified atom stereocenters. The lowest BCUT2D eigenvalue weighted by Gasteiger charge is -2.37. The molecule has 1 aliphatic heterocycles. The number of benzene rings is 1. The summed E-state index contributed by atoms with van der Waals surface area (Å²) in [5.74, 6) is -0.503. The van der Waals surface area contributed by atoms with Crippen LogP contribution in [-0.4, -0.2) is 49.2 Å². The van der Waals surface area contributed by atoms with Gasteiger partial charge in [-0.1, -0.05) is 17.7 Å². The van der Waals surface area contributed by atoms with Crippen LogP contribution in [0.1, 0.15) is 19.4 Å². The van der Waals surface area contributed by atoms with Crippen LogP contribution in [0.3, 0.4) is 0 Å². The fourth-order valence-electron chi connectivity index (χ4n) is 2.65. The van der Waals surface area contributed by atoms with Crippen molar-refractivity contribution in [2.75, 3.05) is 20.1 Å². The lowest BCUT2D eigenvalue weighted by Crippen LogP contribution is -2.58. The minimum atomic E-state index is -3.66. The molecule has 1 aliphatic rings. The number of rotatable bonds is 4. The normalized spacial score (nSPS) is 23.9. The summed E-state index contributed by atoms with van der Waals surface area (Å²) in [6.45, 7) is 4.56. The van der Waals surface area contributed by atoms with Gasteiger partial charge in [0.15, 0.2) is 0 Å². The van der Waals surface area contributed by atoms with Crippen molar-refractivity contribution in [2.45, 2.75) is 32.5 Å². The lowest BCUT2D eigenvalue weighted by atomic mass is 10.2. The summed E-state index contributed by atoms with van der Waals surface area (Å²) in [5, 5.41) is 3.51. The van der Waals surface area contributed by atoms with Crippen molar-refractivity contribution in [3.63, 3.8) is 0 Å². The monoisotopic (exact) mass is 349 g/mol. The minimum absolute atomic E-state index is 0.0731. The van der Waals surface area contributed by atoms with Crippen molar-refractivity contribution < 1.29 is 12.8 Å². The molecule has 1 heterocycles. The molecular weight excluding hydrogens is 329 g/mol. The molecule has 1 aromatic rings. The molecule has 8 heteroatoms. The average molecular weight is 350 g/mol. The molecule has 1 saturated heterocycles. The Hall–Kier alpha value is -0.730. The predicted octanol–water partition coefficient (Wildman–Crippen LogP) is 1.84. The molecule has 22 heavy (non-hydrogen) atoms. The first kappa shape index (κ1) is 17.6. The second kappa shape index (κ2) is 6.80. The van der Waals surface area contributed by atoms with Gasteiger partial charge in [-0.2, -0.15) is 17.0 Å². The molecule has 0 saturated carbocycles. The summed E-state index contributed by atoms with van der Waals surface area (Å²) in [7, 11) is -2.22. The van der Waals surface area contributed by atoms with Crippen LogP contribution in [0.2, 0.25) is 5.02 Å². The van der Waals surface area contributed by atoms with Crippen molar-refractivity contribution in [3.05, 3.63) is 34.6 Å². The summed E-state index contributed by atoms with van der Waals surface area (Å²) < 4.78 is 41.7. The van der Waals surface area contributed by atoms with Gasteiger partial charge in [-0.3, -0.25) is 0 Å². The van der Waals surface area contributed by atoms with E-state index in [1.807, 2.05) is 13.8 Å². The Labute approximate surface area is 136 Å². The van der Waals surface area contributed by atoms with E-state index < -0.39 is 16.0 Å². The van der Waals surface area contributed by atoms with E-state index in [4.69, 9.17) is 11.6 Å². The van der Waals surface area contributed by atoms with Gasteiger partial charge in [-0.15, -0.1) is 0 Å². The van der Waals surface area contributed by atoms with Gasteiger partial charge in [0.05, 0.1) is 0 Å². The lowest BCUT2D eigenvalue weighted by molar-refractivity contribution is 0.247. The Morgan fingerprint density at radius 1 is 1.36 bits per heavy atom. The second-order valence-electron chi connectivity index (χ2n) is 5.75. The first-order valence-corrected chi connectivity index (χ1v) is 8.89. The maximum atomic E-state index is 13.8. The van der Waals surface area contributed by atoms with E-state index in [0.29, 0.717) is 13.1 Å². The zero-order valence-corrected chi connectivity index (χ0v) is 14.5. The van der Waals surface area contributed by atoms with Crippen molar-refractivity contribution in [3.8, 4) is 0 Å². The third-order valence-corrected chi connectivity index (χ3v) is 5.91. The van der Waals surface area contributed by atoms with E-state index in [9.17, 15) is 12.8 Å². The molecule has 0 aromatic heterocycles. The highest BCUT2D eigenvalue weighted by Crippen LogP contribution is 2.22. The van der Waals surface area contributed by atoms with Gasteiger partial charge in [-0.05, 0) is 26.0 Å². The van der Waals surface area contributed by atoms with Crippen LogP contribution in [-0.2, 0) is 16.8 Å². The molecule has 1 aromatic carbocycles. The van der Waals surface area contributed by atoms with Crippen LogP contribution in [0, 0.1) is 5.82 Å². The molecule has 0 amide bonds. The van der Waals surface area contributed by atoms with Crippen molar-refractivity contribution in [2.24, 2.45) is 0 Å². The molecule has 0 spiro atoms. The quantitative estimate of drug-likeness (QED) is 0.902.